The predicted octanol–water partition coefficient (Wildman–Crippen LogP) is -2.36. The largest absolute Gasteiger partial charge is 0.481 e. The highest BCUT2D eigenvalue weighted by molar-refractivity contribution is 6.13. The monoisotopic (exact) mass is 1070 g/mol. The summed E-state index contributed by atoms with van der Waals surface area (Å²) in [5.41, 5.74) is 0. The van der Waals surface area contributed by atoms with Gasteiger partial charge in [0.25, 0.3) is 11.8 Å². The number of amides is 7. The van der Waals surface area contributed by atoms with E-state index in [9.17, 15) is 38.4 Å². The molecule has 1 rings (SSSR count). The maximum Gasteiger partial charge on any atom is 0.407 e. The minimum absolute atomic E-state index is 0.00704. The zero-order valence-corrected chi connectivity index (χ0v) is 43.4. The first kappa shape index (κ1) is 70.9. The molecule has 0 aromatic rings. The number of aliphatic hydroxyl groups excluding tert-OH is 4. The van der Waals surface area contributed by atoms with Crippen molar-refractivity contribution in [1.82, 2.24) is 31.5 Å². The van der Waals surface area contributed by atoms with E-state index in [0.717, 1.165) is 4.90 Å². The number of carbonyl (C=O) groups excluding carboxylic acids is 7. The van der Waals surface area contributed by atoms with Crippen molar-refractivity contribution in [1.29, 1.82) is 0 Å². The van der Waals surface area contributed by atoms with Crippen LogP contribution in [0.2, 0.25) is 0 Å². The summed E-state index contributed by atoms with van der Waals surface area (Å²) in [6, 6.07) is 0. The van der Waals surface area contributed by atoms with Gasteiger partial charge in [-0.25, -0.2) is 9.59 Å². The number of nitrogens with zero attached hydrogens (tertiary/aromatic N) is 1. The average molecular weight is 1080 g/mol. The first-order chi connectivity index (χ1) is 35.5. The number of rotatable bonds is 41. The second-order valence-electron chi connectivity index (χ2n) is 15.1. The Balaban J connectivity index is 0. The van der Waals surface area contributed by atoms with Crippen LogP contribution in [0.4, 0.5) is 9.59 Å². The quantitative estimate of drug-likeness (QED) is 0.0174. The molecule has 0 aliphatic carbocycles. The number of aliphatic carboxylic acids is 1. The zero-order valence-electron chi connectivity index (χ0n) is 43.4. The molecule has 74 heavy (non-hydrogen) atoms. The minimum atomic E-state index is -1.01. The van der Waals surface area contributed by atoms with Crippen LogP contribution in [0.25, 0.3) is 0 Å². The number of carbonyl (C=O) groups is 8. The lowest BCUT2D eigenvalue weighted by Gasteiger charge is -2.21. The first-order valence-electron chi connectivity index (χ1n) is 24.0. The van der Waals surface area contributed by atoms with E-state index in [1.54, 1.807) is 0 Å². The van der Waals surface area contributed by atoms with E-state index in [1.807, 2.05) is 20.8 Å². The zero-order chi connectivity index (χ0) is 55.9. The number of ether oxygens (including phenoxy) is 10. The number of hydrogen-bond donors (Lipinski definition) is 10. The fourth-order valence-corrected chi connectivity index (χ4v) is 5.17. The van der Waals surface area contributed by atoms with Crippen LogP contribution in [0.3, 0.4) is 0 Å². The summed E-state index contributed by atoms with van der Waals surface area (Å²) < 4.78 is 51.1. The molecule has 1 heterocycles. The molecule has 7 amide bonds. The van der Waals surface area contributed by atoms with Crippen LogP contribution in [-0.4, -0.2) is 242 Å². The lowest BCUT2D eigenvalue weighted by molar-refractivity contribution is -0.181. The summed E-state index contributed by atoms with van der Waals surface area (Å²) in [4.78, 5) is 92.5. The molecular formula is C45H82N6O23. The number of methoxy groups -OCH3 is 3. The second-order valence-corrected chi connectivity index (χ2v) is 15.1. The first-order valence-corrected chi connectivity index (χ1v) is 24.0. The third-order valence-electron chi connectivity index (χ3n) is 9.52. The molecule has 1 aliphatic heterocycles. The van der Waals surface area contributed by atoms with Gasteiger partial charge in [0.1, 0.15) is 13.2 Å². The summed E-state index contributed by atoms with van der Waals surface area (Å²) in [5, 5.41) is 56.4. The number of carboxylic acids is 1. The Kier molecular flexibility index (Phi) is 45.5. The Labute approximate surface area is 431 Å². The molecule has 0 saturated heterocycles. The molecule has 430 valence electrons. The standard InChI is InChI=1S/C27H45N5O12.C11H21NO7.C7H16O4/c1-3-20(18-33)44-26(40-2)19-43-27(39)31-9-6-21(34)28-10-11-29-23(36)8-14-41-16-17-42-15-12-30-22(35)7-13-32-24(37)4-5-25(32)38;1-3-8(6-13)19-10(17-2)7-18-11(16)12-5-4-9(14)15;1-3-6(4-8)11-7(5-9)10-2/h4-5,20,26,33H,3,6-19H2,1-2H3,(H,28,34)(H,29,36)(H,30,35)(H,31,39);8,10,13H,3-7H2,1-2H3,(H,12,16)(H,14,15);6-9H,3-5H2,1-2H3. The molecule has 0 spiro atoms. The van der Waals surface area contributed by atoms with Gasteiger partial charge >= 0.3 is 18.2 Å². The summed E-state index contributed by atoms with van der Waals surface area (Å²) in [6.45, 7) is 6.38. The van der Waals surface area contributed by atoms with Gasteiger partial charge in [-0.15, -0.1) is 0 Å². The van der Waals surface area contributed by atoms with Gasteiger partial charge in [0.2, 0.25) is 17.7 Å². The summed E-state index contributed by atoms with van der Waals surface area (Å²) >= 11 is 0. The summed E-state index contributed by atoms with van der Waals surface area (Å²) in [7, 11) is 4.23. The highest BCUT2D eigenvalue weighted by atomic mass is 16.7. The van der Waals surface area contributed by atoms with E-state index >= 15 is 0 Å². The molecule has 6 unspecified atom stereocenters. The van der Waals surface area contributed by atoms with Crippen molar-refractivity contribution >= 4 is 47.7 Å². The van der Waals surface area contributed by atoms with Crippen molar-refractivity contribution in [2.75, 3.05) is 127 Å². The van der Waals surface area contributed by atoms with E-state index in [2.05, 4.69) is 26.6 Å². The Morgan fingerprint density at radius 1 is 0.500 bits per heavy atom. The SMILES string of the molecule is CCC(CO)OC(CO)OC.CCC(CO)OC(COC(=O)NCCC(=O)NCCNC(=O)CCOCCOCCNC(=O)CCN1C(=O)C=CC1=O)OC.CCC(CO)OC(COC(=O)NCCC(=O)O)OC. The topological polar surface area (TPSA) is 393 Å². The molecule has 0 saturated carbocycles. The van der Waals surface area contributed by atoms with Crippen LogP contribution in [0.1, 0.15) is 65.7 Å². The maximum atomic E-state index is 11.9. The van der Waals surface area contributed by atoms with Crippen molar-refractivity contribution in [3.8, 4) is 0 Å². The number of imide groups is 1. The van der Waals surface area contributed by atoms with Gasteiger partial charge in [0, 0.05) is 92.0 Å². The number of carboxylic acid groups (broad SMARTS) is 1. The molecule has 0 radical (unpaired) electrons. The summed E-state index contributed by atoms with van der Waals surface area (Å²) in [5.74, 6) is -2.73. The molecule has 0 aromatic heterocycles. The van der Waals surface area contributed by atoms with E-state index in [-0.39, 0.29) is 161 Å². The van der Waals surface area contributed by atoms with Crippen LogP contribution in [0, 0.1) is 0 Å². The Morgan fingerprint density at radius 3 is 1.32 bits per heavy atom. The highest BCUT2D eigenvalue weighted by Crippen LogP contribution is 2.07. The van der Waals surface area contributed by atoms with Crippen molar-refractivity contribution < 1.29 is 111 Å². The van der Waals surface area contributed by atoms with Crippen LogP contribution in [0.5, 0.6) is 0 Å². The van der Waals surface area contributed by atoms with Gasteiger partial charge < -0.3 is 99.5 Å². The molecule has 29 heteroatoms. The second kappa shape index (κ2) is 47.5. The Bertz CT molecular complexity index is 1540. The van der Waals surface area contributed by atoms with Crippen LogP contribution >= 0.6 is 0 Å². The maximum absolute atomic E-state index is 11.9. The van der Waals surface area contributed by atoms with Crippen molar-refractivity contribution in [2.45, 2.75) is 103 Å². The smallest absolute Gasteiger partial charge is 0.407 e. The molecular weight excluding hydrogens is 993 g/mol. The molecule has 0 fully saturated rings. The van der Waals surface area contributed by atoms with E-state index in [1.165, 1.54) is 33.5 Å². The Morgan fingerprint density at radius 2 is 0.905 bits per heavy atom. The summed E-state index contributed by atoms with van der Waals surface area (Å²) in [6.07, 6.45) is -0.598. The molecule has 6 atom stereocenters. The van der Waals surface area contributed by atoms with Crippen molar-refractivity contribution in [3.63, 3.8) is 0 Å². The van der Waals surface area contributed by atoms with Crippen LogP contribution in [0.15, 0.2) is 12.2 Å². The average Bonchev–Trinajstić information content (AvgIpc) is 3.72. The van der Waals surface area contributed by atoms with Crippen molar-refractivity contribution in [3.05, 3.63) is 12.2 Å². The number of aliphatic hydroxyl groups is 4. The third-order valence-corrected chi connectivity index (χ3v) is 9.52. The van der Waals surface area contributed by atoms with Gasteiger partial charge in [0.15, 0.2) is 18.9 Å². The van der Waals surface area contributed by atoms with Gasteiger partial charge in [-0.05, 0) is 19.3 Å². The molecule has 1 aliphatic rings. The van der Waals surface area contributed by atoms with Gasteiger partial charge in [0.05, 0.1) is 77.6 Å². The normalized spacial score (nSPS) is 14.2. The lowest BCUT2D eigenvalue weighted by Crippen LogP contribution is -2.37. The molecule has 10 N–H and O–H groups in total. The van der Waals surface area contributed by atoms with Gasteiger partial charge in [-0.3, -0.25) is 33.7 Å². The third kappa shape index (κ3) is 39.3. The fraction of sp³-hybridized carbons (Fsp3) is 0.778. The minimum Gasteiger partial charge on any atom is -0.481 e. The fourth-order valence-electron chi connectivity index (χ4n) is 5.17. The molecule has 29 nitrogen and oxygen atoms in total. The van der Waals surface area contributed by atoms with Crippen LogP contribution in [-0.2, 0) is 76.1 Å². The lowest BCUT2D eigenvalue weighted by atomic mass is 10.3. The highest BCUT2D eigenvalue weighted by Gasteiger charge is 2.24. The van der Waals surface area contributed by atoms with E-state index in [4.69, 9.17) is 72.9 Å². The molecule has 0 bridgehead atoms. The Hall–Kier alpha value is -5.18. The van der Waals surface area contributed by atoms with Crippen molar-refractivity contribution in [2.24, 2.45) is 0 Å². The number of nitrogens with one attached hydrogen (secondary N) is 5. The van der Waals surface area contributed by atoms with Gasteiger partial charge in [-0.1, -0.05) is 20.8 Å². The number of hydrogen-bond acceptors (Lipinski definition) is 22. The number of alkyl carbamates (subject to hydrolysis) is 2. The van der Waals surface area contributed by atoms with E-state index < -0.39 is 54.9 Å². The molecule has 0 aromatic carbocycles. The predicted molar refractivity (Wildman–Crippen MR) is 258 cm³/mol. The van der Waals surface area contributed by atoms with Crippen LogP contribution < -0.4 is 26.6 Å². The van der Waals surface area contributed by atoms with Gasteiger partial charge in [-0.2, -0.15) is 0 Å². The van der Waals surface area contributed by atoms with E-state index in [0.29, 0.717) is 19.3 Å².